The van der Waals surface area contributed by atoms with Gasteiger partial charge in [0.15, 0.2) is 0 Å². The fourth-order valence-corrected chi connectivity index (χ4v) is 5.19. The van der Waals surface area contributed by atoms with Crippen molar-refractivity contribution in [3.8, 4) is 0 Å². The molecule has 0 radical (unpaired) electrons. The molecule has 0 unspecified atom stereocenters. The normalized spacial score (nSPS) is 21.6. The molecule has 0 spiro atoms. The molecule has 188 valence electrons. The number of amides is 1. The average molecular weight is 514 g/mol. The number of rotatable bonds is 6. The molecule has 12 heteroatoms. The summed E-state index contributed by atoms with van der Waals surface area (Å²) >= 11 is 5.91. The van der Waals surface area contributed by atoms with Crippen molar-refractivity contribution in [1.29, 1.82) is 0 Å². The van der Waals surface area contributed by atoms with Crippen molar-refractivity contribution in [2.45, 2.75) is 56.9 Å². The van der Waals surface area contributed by atoms with E-state index in [1.807, 2.05) is 6.92 Å². The molecule has 1 aromatic carbocycles. The lowest BCUT2D eigenvalue weighted by Gasteiger charge is -2.35. The number of aliphatic hydroxyl groups excluding tert-OH is 1. The van der Waals surface area contributed by atoms with Gasteiger partial charge in [0.1, 0.15) is 0 Å². The van der Waals surface area contributed by atoms with Crippen molar-refractivity contribution < 1.29 is 23.1 Å². The van der Waals surface area contributed by atoms with Gasteiger partial charge in [-0.15, -0.1) is 5.10 Å². The molecule has 1 aliphatic rings. The van der Waals surface area contributed by atoms with Crippen LogP contribution >= 0.6 is 11.6 Å². The van der Waals surface area contributed by atoms with E-state index in [9.17, 15) is 18.3 Å². The van der Waals surface area contributed by atoms with Gasteiger partial charge in [-0.1, -0.05) is 23.7 Å². The monoisotopic (exact) mass is 513 g/mol. The van der Waals surface area contributed by atoms with E-state index in [1.54, 1.807) is 22.7 Å². The lowest BCUT2D eigenvalue weighted by atomic mass is 10.0. The maximum Gasteiger partial charge on any atom is 0.242 e. The van der Waals surface area contributed by atoms with Gasteiger partial charge >= 0.3 is 0 Å². The summed E-state index contributed by atoms with van der Waals surface area (Å²) in [7, 11) is -2.28. The summed E-state index contributed by atoms with van der Waals surface area (Å²) in [6, 6.07) is 5.63. The van der Waals surface area contributed by atoms with Gasteiger partial charge in [0.2, 0.25) is 15.9 Å². The van der Waals surface area contributed by atoms with Crippen LogP contribution in [0.4, 0.5) is 0 Å². The van der Waals surface area contributed by atoms with Crippen molar-refractivity contribution >= 4 is 27.5 Å². The predicted octanol–water partition coefficient (Wildman–Crippen LogP) is 1.78. The molecule has 0 aliphatic carbocycles. The Morgan fingerprint density at radius 2 is 2.03 bits per heavy atom. The number of aromatic nitrogens is 3. The summed E-state index contributed by atoms with van der Waals surface area (Å²) in [5.74, 6) is -0.291. The molecule has 3 atom stereocenters. The zero-order valence-corrected chi connectivity index (χ0v) is 21.2. The minimum absolute atomic E-state index is 0.0726. The molecule has 3 rings (SSSR count). The van der Waals surface area contributed by atoms with Gasteiger partial charge < -0.3 is 14.7 Å². The van der Waals surface area contributed by atoms with Crippen LogP contribution in [0.3, 0.4) is 0 Å². The first kappa shape index (κ1) is 26.6. The van der Waals surface area contributed by atoms with Crippen LogP contribution < -0.4 is 0 Å². The second-order valence-electron chi connectivity index (χ2n) is 8.70. The van der Waals surface area contributed by atoms with E-state index in [0.29, 0.717) is 31.0 Å². The number of carbonyl (C=O) groups excluding carboxylic acids is 1. The molecule has 1 aliphatic heterocycles. The van der Waals surface area contributed by atoms with Gasteiger partial charge in [-0.05, 0) is 37.6 Å². The Morgan fingerprint density at radius 1 is 1.32 bits per heavy atom. The molecular weight excluding hydrogens is 482 g/mol. The Labute approximate surface area is 205 Å². The van der Waals surface area contributed by atoms with Gasteiger partial charge in [0, 0.05) is 44.0 Å². The van der Waals surface area contributed by atoms with Crippen LogP contribution in [0.2, 0.25) is 5.02 Å². The third-order valence-electron chi connectivity index (χ3n) is 6.10. The Kier molecular flexibility index (Phi) is 9.05. The van der Waals surface area contributed by atoms with Crippen molar-refractivity contribution in [3.63, 3.8) is 0 Å². The smallest absolute Gasteiger partial charge is 0.242 e. The van der Waals surface area contributed by atoms with Crippen molar-refractivity contribution in [1.82, 2.24) is 24.2 Å². The molecule has 34 heavy (non-hydrogen) atoms. The molecule has 10 nitrogen and oxygen atoms in total. The number of sulfonamides is 1. The van der Waals surface area contributed by atoms with Crippen LogP contribution in [-0.4, -0.2) is 82.5 Å². The standard InChI is InChI=1S/C22H32ClN5O5S/c1-16-12-27(17(2)14-29)22(30)5-4-10-28-19(11-24-25-28)15-33-21(16)13-26(3)34(31,32)20-8-6-18(23)7-9-20/h6-9,11,16-17,21,29H,4-5,10,12-15H2,1-3H3/t16-,17+,21-/m0/s1. The van der Waals surface area contributed by atoms with E-state index in [1.165, 1.54) is 35.6 Å². The highest BCUT2D eigenvalue weighted by Crippen LogP contribution is 2.22. The Balaban J connectivity index is 1.86. The predicted molar refractivity (Wildman–Crippen MR) is 127 cm³/mol. The number of likely N-dealkylation sites (N-methyl/N-ethyl adjacent to an activating group) is 1. The fourth-order valence-electron chi connectivity index (χ4n) is 3.88. The number of halogens is 1. The molecule has 1 amide bonds. The highest BCUT2D eigenvalue weighted by molar-refractivity contribution is 7.89. The minimum atomic E-state index is -3.78. The van der Waals surface area contributed by atoms with Crippen LogP contribution in [0.25, 0.3) is 0 Å². The number of fused-ring (bicyclic) bond motifs is 1. The zero-order chi connectivity index (χ0) is 24.9. The number of ether oxygens (including phenoxy) is 1. The van der Waals surface area contributed by atoms with Crippen LogP contribution in [0.1, 0.15) is 32.4 Å². The lowest BCUT2D eigenvalue weighted by Crippen LogP contribution is -2.47. The summed E-state index contributed by atoms with van der Waals surface area (Å²) in [4.78, 5) is 14.7. The first-order chi connectivity index (χ1) is 16.1. The van der Waals surface area contributed by atoms with Gasteiger partial charge in [0.25, 0.3) is 0 Å². The summed E-state index contributed by atoms with van der Waals surface area (Å²) in [6.07, 6.45) is 1.98. The average Bonchev–Trinajstić information content (AvgIpc) is 3.25. The van der Waals surface area contributed by atoms with Crippen molar-refractivity contribution in [3.05, 3.63) is 41.2 Å². The first-order valence-electron chi connectivity index (χ1n) is 11.2. The van der Waals surface area contributed by atoms with Crippen molar-refractivity contribution in [2.24, 2.45) is 5.92 Å². The van der Waals surface area contributed by atoms with Crippen LogP contribution in [0, 0.1) is 5.92 Å². The largest absolute Gasteiger partial charge is 0.394 e. The third-order valence-corrected chi connectivity index (χ3v) is 8.19. The SMILES string of the molecule is C[C@H](CO)N1C[C@H](C)[C@H](CN(C)S(=O)(=O)c2ccc(Cl)cc2)OCc2cnnn2CCCC1=O. The molecule has 1 aromatic heterocycles. The summed E-state index contributed by atoms with van der Waals surface area (Å²) in [6.45, 7) is 4.66. The number of aryl methyl sites for hydroxylation is 1. The van der Waals surface area contributed by atoms with Crippen LogP contribution in [-0.2, 0) is 32.7 Å². The highest BCUT2D eigenvalue weighted by atomic mass is 35.5. The molecule has 0 bridgehead atoms. The van der Waals surface area contributed by atoms with E-state index in [2.05, 4.69) is 10.3 Å². The number of aliphatic hydroxyl groups is 1. The highest BCUT2D eigenvalue weighted by Gasteiger charge is 2.31. The van der Waals surface area contributed by atoms with E-state index in [4.69, 9.17) is 16.3 Å². The molecular formula is C22H32ClN5O5S. The number of benzene rings is 1. The summed E-state index contributed by atoms with van der Waals surface area (Å²) in [5.41, 5.74) is 0.758. The molecule has 0 saturated carbocycles. The van der Waals surface area contributed by atoms with Gasteiger partial charge in [0.05, 0.1) is 42.1 Å². The molecule has 1 N–H and O–H groups in total. The topological polar surface area (TPSA) is 118 Å². The van der Waals surface area contributed by atoms with E-state index >= 15 is 0 Å². The Bertz CT molecular complexity index is 1060. The van der Waals surface area contributed by atoms with Crippen LogP contribution in [0.15, 0.2) is 35.4 Å². The summed E-state index contributed by atoms with van der Waals surface area (Å²) in [5, 5.41) is 18.2. The number of hydrogen-bond acceptors (Lipinski definition) is 7. The minimum Gasteiger partial charge on any atom is -0.394 e. The summed E-state index contributed by atoms with van der Waals surface area (Å²) < 4.78 is 35.4. The molecule has 0 fully saturated rings. The quantitative estimate of drug-likeness (QED) is 0.625. The molecule has 0 saturated heterocycles. The Hall–Kier alpha value is -2.05. The maximum atomic E-state index is 13.1. The van der Waals surface area contributed by atoms with Crippen LogP contribution in [0.5, 0.6) is 0 Å². The van der Waals surface area contributed by atoms with Crippen molar-refractivity contribution in [2.75, 3.05) is 26.7 Å². The fraction of sp³-hybridized carbons (Fsp3) is 0.591. The Morgan fingerprint density at radius 3 is 2.71 bits per heavy atom. The number of carbonyl (C=O) groups is 1. The maximum absolute atomic E-state index is 13.1. The lowest BCUT2D eigenvalue weighted by molar-refractivity contribution is -0.136. The third kappa shape index (κ3) is 6.33. The second-order valence-corrected chi connectivity index (χ2v) is 11.2. The van der Waals surface area contributed by atoms with Gasteiger partial charge in [-0.3, -0.25) is 4.79 Å². The molecule has 2 heterocycles. The first-order valence-corrected chi connectivity index (χ1v) is 13.1. The van der Waals surface area contributed by atoms with Gasteiger partial charge in [-0.2, -0.15) is 4.31 Å². The van der Waals surface area contributed by atoms with E-state index in [0.717, 1.165) is 5.69 Å². The number of hydrogen-bond donors (Lipinski definition) is 1. The van der Waals surface area contributed by atoms with E-state index in [-0.39, 0.29) is 42.5 Å². The van der Waals surface area contributed by atoms with E-state index < -0.39 is 16.1 Å². The zero-order valence-electron chi connectivity index (χ0n) is 19.7. The number of nitrogens with zero attached hydrogens (tertiary/aromatic N) is 5. The van der Waals surface area contributed by atoms with Gasteiger partial charge in [-0.25, -0.2) is 13.1 Å². The molecule has 2 aromatic rings. The second kappa shape index (κ2) is 11.6.